The average molecular weight is 379 g/mol. The molecule has 2 aromatic heterocycles. The summed E-state index contributed by atoms with van der Waals surface area (Å²) < 4.78 is 18.5. The summed E-state index contributed by atoms with van der Waals surface area (Å²) in [6, 6.07) is 5.51. The van der Waals surface area contributed by atoms with Crippen molar-refractivity contribution < 1.29 is 9.50 Å². The summed E-state index contributed by atoms with van der Waals surface area (Å²) in [5.74, 6) is -0.237. The number of aromatic hydroxyl groups is 1. The molecule has 2 N–H and O–H groups in total. The molecule has 6 nitrogen and oxygen atoms in total. The van der Waals surface area contributed by atoms with Gasteiger partial charge in [0.05, 0.1) is 11.6 Å². The molecular formula is C21H22FN5O. The Morgan fingerprint density at radius 1 is 1.07 bits per heavy atom. The van der Waals surface area contributed by atoms with E-state index in [1.807, 2.05) is 43.2 Å². The number of aromatic nitrogens is 4. The number of hydrogen-bond donors (Lipinski definition) is 2. The number of phenols is 1. The number of aryl methyl sites for hydroxylation is 2. The van der Waals surface area contributed by atoms with Crippen molar-refractivity contribution in [3.63, 3.8) is 0 Å². The van der Waals surface area contributed by atoms with Gasteiger partial charge in [-0.25, -0.2) is 4.39 Å². The summed E-state index contributed by atoms with van der Waals surface area (Å²) >= 11 is 0. The van der Waals surface area contributed by atoms with E-state index in [0.29, 0.717) is 28.2 Å². The third kappa shape index (κ3) is 2.65. The number of nitrogens with zero attached hydrogens (tertiary/aromatic N) is 4. The van der Waals surface area contributed by atoms with Gasteiger partial charge in [0.25, 0.3) is 0 Å². The van der Waals surface area contributed by atoms with Gasteiger partial charge in [0.1, 0.15) is 11.3 Å². The van der Waals surface area contributed by atoms with Gasteiger partial charge in [0.15, 0.2) is 5.82 Å². The van der Waals surface area contributed by atoms with E-state index in [1.165, 1.54) is 6.07 Å². The average Bonchev–Trinajstić information content (AvgIpc) is 3.29. The Morgan fingerprint density at radius 2 is 1.82 bits per heavy atom. The van der Waals surface area contributed by atoms with E-state index in [-0.39, 0.29) is 11.6 Å². The van der Waals surface area contributed by atoms with Crippen molar-refractivity contribution in [3.8, 4) is 16.9 Å². The van der Waals surface area contributed by atoms with Crippen LogP contribution in [0.4, 0.5) is 4.39 Å². The fourth-order valence-corrected chi connectivity index (χ4v) is 4.19. The minimum atomic E-state index is -0.372. The second-order valence-electron chi connectivity index (χ2n) is 7.62. The van der Waals surface area contributed by atoms with E-state index < -0.39 is 0 Å². The van der Waals surface area contributed by atoms with E-state index >= 15 is 0 Å². The molecule has 1 saturated heterocycles. The van der Waals surface area contributed by atoms with Gasteiger partial charge in [-0.15, -0.1) is 0 Å². The van der Waals surface area contributed by atoms with Gasteiger partial charge in [0, 0.05) is 41.3 Å². The first-order valence-corrected chi connectivity index (χ1v) is 9.56. The molecule has 0 amide bonds. The van der Waals surface area contributed by atoms with Gasteiger partial charge in [-0.1, -0.05) is 0 Å². The summed E-state index contributed by atoms with van der Waals surface area (Å²) in [7, 11) is 1.84. The van der Waals surface area contributed by atoms with Crippen molar-refractivity contribution in [2.75, 3.05) is 13.1 Å². The number of rotatable bonds is 2. The lowest BCUT2D eigenvalue weighted by Crippen LogP contribution is -2.29. The predicted molar refractivity (Wildman–Crippen MR) is 107 cm³/mol. The first kappa shape index (κ1) is 17.2. The molecule has 1 aliphatic rings. The molecule has 0 saturated carbocycles. The topological polar surface area (TPSA) is 67.9 Å². The lowest BCUT2D eigenvalue weighted by molar-refractivity contribution is 0.344. The first-order chi connectivity index (χ1) is 13.5. The molecule has 28 heavy (non-hydrogen) atoms. The molecule has 4 aromatic rings. The third-order valence-electron chi connectivity index (χ3n) is 5.70. The number of hydrogen-bond acceptors (Lipinski definition) is 4. The third-order valence-corrected chi connectivity index (χ3v) is 5.70. The minimum Gasteiger partial charge on any atom is -0.507 e. The molecule has 0 unspecified atom stereocenters. The molecule has 5 rings (SSSR count). The summed E-state index contributed by atoms with van der Waals surface area (Å²) in [5, 5.41) is 24.6. The number of nitrogens with one attached hydrogen (secondary N) is 1. The largest absolute Gasteiger partial charge is 0.507 e. The fraction of sp³-hybridized carbons (Fsp3) is 0.333. The van der Waals surface area contributed by atoms with Crippen LogP contribution < -0.4 is 5.32 Å². The maximum absolute atomic E-state index is 14.9. The van der Waals surface area contributed by atoms with E-state index in [0.717, 1.165) is 42.2 Å². The SMILES string of the molecule is Cc1c(O)c(-c2cc(F)c3nn(C4CCNCC4)cc3c2)cc2cn(C)nc12. The monoisotopic (exact) mass is 379 g/mol. The Bertz CT molecular complexity index is 1200. The van der Waals surface area contributed by atoms with Crippen LogP contribution in [-0.4, -0.2) is 37.8 Å². The van der Waals surface area contributed by atoms with E-state index in [9.17, 15) is 9.50 Å². The van der Waals surface area contributed by atoms with Crippen LogP contribution in [0.2, 0.25) is 0 Å². The number of fused-ring (bicyclic) bond motifs is 2. The summed E-state index contributed by atoms with van der Waals surface area (Å²) in [6.07, 6.45) is 5.79. The molecular weight excluding hydrogens is 357 g/mol. The standard InChI is InChI=1S/C21H22FN5O/c1-12-19-15(10-26(2)24-19)8-17(21(12)28)13-7-14-11-27(16-3-5-23-6-4-16)25-20(14)18(22)9-13/h7-11,16,23,28H,3-6H2,1-2H3. The van der Waals surface area contributed by atoms with E-state index in [4.69, 9.17) is 0 Å². The highest BCUT2D eigenvalue weighted by atomic mass is 19.1. The molecule has 0 spiro atoms. The Balaban J connectivity index is 1.65. The number of phenolic OH excluding ortho intramolecular Hbond substituents is 1. The van der Waals surface area contributed by atoms with Crippen LogP contribution in [0.25, 0.3) is 32.9 Å². The van der Waals surface area contributed by atoms with Crippen LogP contribution in [0.15, 0.2) is 30.6 Å². The Labute approximate surface area is 161 Å². The second kappa shape index (κ2) is 6.31. The minimum absolute atomic E-state index is 0.135. The van der Waals surface area contributed by atoms with Gasteiger partial charge in [-0.05, 0) is 56.6 Å². The van der Waals surface area contributed by atoms with Crippen molar-refractivity contribution in [1.29, 1.82) is 0 Å². The van der Waals surface area contributed by atoms with Gasteiger partial charge in [-0.3, -0.25) is 9.36 Å². The van der Waals surface area contributed by atoms with Crippen molar-refractivity contribution >= 4 is 21.8 Å². The molecule has 7 heteroatoms. The summed E-state index contributed by atoms with van der Waals surface area (Å²) in [5.41, 5.74) is 3.07. The zero-order chi connectivity index (χ0) is 19.4. The molecule has 0 atom stereocenters. The zero-order valence-corrected chi connectivity index (χ0v) is 15.9. The van der Waals surface area contributed by atoms with Gasteiger partial charge < -0.3 is 10.4 Å². The van der Waals surface area contributed by atoms with Crippen LogP contribution in [0, 0.1) is 12.7 Å². The molecule has 1 aliphatic heterocycles. The molecule has 3 heterocycles. The molecule has 144 valence electrons. The Kier molecular flexibility index (Phi) is 3.87. The highest BCUT2D eigenvalue weighted by Crippen LogP contribution is 2.38. The van der Waals surface area contributed by atoms with Crippen LogP contribution in [0.5, 0.6) is 5.75 Å². The van der Waals surface area contributed by atoms with Crippen LogP contribution in [-0.2, 0) is 7.05 Å². The van der Waals surface area contributed by atoms with Gasteiger partial charge in [0.2, 0.25) is 0 Å². The Morgan fingerprint density at radius 3 is 2.61 bits per heavy atom. The second-order valence-corrected chi connectivity index (χ2v) is 7.62. The highest BCUT2D eigenvalue weighted by Gasteiger charge is 2.19. The normalized spacial score (nSPS) is 15.7. The van der Waals surface area contributed by atoms with Crippen molar-refractivity contribution in [2.24, 2.45) is 7.05 Å². The van der Waals surface area contributed by atoms with E-state index in [2.05, 4.69) is 15.5 Å². The van der Waals surface area contributed by atoms with Crippen molar-refractivity contribution in [2.45, 2.75) is 25.8 Å². The maximum Gasteiger partial charge on any atom is 0.151 e. The Hall–Kier alpha value is -2.93. The van der Waals surface area contributed by atoms with E-state index in [1.54, 1.807) is 4.68 Å². The molecule has 2 aromatic carbocycles. The van der Waals surface area contributed by atoms with Crippen molar-refractivity contribution in [1.82, 2.24) is 24.9 Å². The van der Waals surface area contributed by atoms with Crippen LogP contribution in [0.3, 0.4) is 0 Å². The van der Waals surface area contributed by atoms with Gasteiger partial charge in [-0.2, -0.15) is 10.2 Å². The zero-order valence-electron chi connectivity index (χ0n) is 15.9. The molecule has 0 aliphatic carbocycles. The smallest absolute Gasteiger partial charge is 0.151 e. The number of piperidine rings is 1. The van der Waals surface area contributed by atoms with Crippen LogP contribution in [0.1, 0.15) is 24.4 Å². The lowest BCUT2D eigenvalue weighted by Gasteiger charge is -2.22. The molecule has 0 radical (unpaired) electrons. The first-order valence-electron chi connectivity index (χ1n) is 9.56. The van der Waals surface area contributed by atoms with Crippen LogP contribution >= 0.6 is 0 Å². The molecule has 1 fully saturated rings. The summed E-state index contributed by atoms with van der Waals surface area (Å²) in [4.78, 5) is 0. The number of benzene rings is 2. The summed E-state index contributed by atoms with van der Waals surface area (Å²) in [6.45, 7) is 3.73. The van der Waals surface area contributed by atoms with Gasteiger partial charge >= 0.3 is 0 Å². The fourth-order valence-electron chi connectivity index (χ4n) is 4.19. The molecule has 0 bridgehead atoms. The maximum atomic E-state index is 14.9. The number of halogens is 1. The quantitative estimate of drug-likeness (QED) is 0.558. The lowest BCUT2D eigenvalue weighted by atomic mass is 9.98. The predicted octanol–water partition coefficient (Wildman–Crippen LogP) is 3.67. The highest BCUT2D eigenvalue weighted by molar-refractivity contribution is 5.93. The van der Waals surface area contributed by atoms with Crippen molar-refractivity contribution in [3.05, 3.63) is 42.0 Å².